The predicted molar refractivity (Wildman–Crippen MR) is 62.0 cm³/mol. The van der Waals surface area contributed by atoms with Crippen LogP contribution in [0.15, 0.2) is 11.1 Å². The molecular formula is C11H20BrN. The standard InChI is InChI=1S/C11H20BrN/c1-8-4-9(2)6-11(5-8)13-7-10(3)12/h8-9,11,13H,3-7H2,1-2H3. The second-order valence-electron chi connectivity index (χ2n) is 4.51. The molecule has 13 heavy (non-hydrogen) atoms. The third-order valence-electron chi connectivity index (χ3n) is 2.76. The normalized spacial score (nSPS) is 34.5. The lowest BCUT2D eigenvalue weighted by atomic mass is 9.80. The van der Waals surface area contributed by atoms with Crippen LogP contribution < -0.4 is 5.32 Å². The lowest BCUT2D eigenvalue weighted by Gasteiger charge is -2.32. The molecule has 0 aromatic rings. The monoisotopic (exact) mass is 245 g/mol. The van der Waals surface area contributed by atoms with Gasteiger partial charge in [-0.05, 0) is 31.1 Å². The molecule has 1 N–H and O–H groups in total. The molecule has 2 atom stereocenters. The van der Waals surface area contributed by atoms with Crippen molar-refractivity contribution in [2.45, 2.75) is 39.2 Å². The highest BCUT2D eigenvalue weighted by Gasteiger charge is 2.23. The summed E-state index contributed by atoms with van der Waals surface area (Å²) in [6.07, 6.45) is 4.04. The molecule has 0 amide bonds. The summed E-state index contributed by atoms with van der Waals surface area (Å²) >= 11 is 3.37. The number of nitrogens with one attached hydrogen (secondary N) is 1. The van der Waals surface area contributed by atoms with Gasteiger partial charge in [-0.25, -0.2) is 0 Å². The largest absolute Gasteiger partial charge is 0.309 e. The van der Waals surface area contributed by atoms with Crippen LogP contribution in [-0.2, 0) is 0 Å². The Balaban J connectivity index is 2.28. The Kier molecular flexibility index (Phi) is 4.47. The van der Waals surface area contributed by atoms with Crippen molar-refractivity contribution in [3.63, 3.8) is 0 Å². The molecule has 76 valence electrons. The van der Waals surface area contributed by atoms with E-state index in [2.05, 4.69) is 41.7 Å². The summed E-state index contributed by atoms with van der Waals surface area (Å²) in [5.41, 5.74) is 0. The number of hydrogen-bond acceptors (Lipinski definition) is 1. The molecule has 1 rings (SSSR count). The zero-order valence-electron chi connectivity index (χ0n) is 8.65. The van der Waals surface area contributed by atoms with Crippen LogP contribution in [0.5, 0.6) is 0 Å². The molecule has 0 aromatic carbocycles. The summed E-state index contributed by atoms with van der Waals surface area (Å²) in [6.45, 7) is 9.45. The minimum absolute atomic E-state index is 0.702. The molecule has 0 radical (unpaired) electrons. The molecule has 1 nitrogen and oxygen atoms in total. The SMILES string of the molecule is C=C(Br)CNC1CC(C)CC(C)C1. The quantitative estimate of drug-likeness (QED) is 0.805. The van der Waals surface area contributed by atoms with E-state index in [9.17, 15) is 0 Å². The van der Waals surface area contributed by atoms with E-state index in [1.165, 1.54) is 19.3 Å². The fourth-order valence-corrected chi connectivity index (χ4v) is 2.53. The lowest BCUT2D eigenvalue weighted by Crippen LogP contribution is -2.36. The van der Waals surface area contributed by atoms with Gasteiger partial charge in [0.25, 0.3) is 0 Å². The fraction of sp³-hybridized carbons (Fsp3) is 0.818. The topological polar surface area (TPSA) is 12.0 Å². The van der Waals surface area contributed by atoms with Gasteiger partial charge in [-0.15, -0.1) is 0 Å². The first kappa shape index (κ1) is 11.3. The van der Waals surface area contributed by atoms with Crippen LogP contribution in [0.25, 0.3) is 0 Å². The average Bonchev–Trinajstić information content (AvgIpc) is 1.99. The van der Waals surface area contributed by atoms with E-state index in [-0.39, 0.29) is 0 Å². The van der Waals surface area contributed by atoms with E-state index >= 15 is 0 Å². The summed E-state index contributed by atoms with van der Waals surface area (Å²) < 4.78 is 1.05. The molecule has 2 heteroatoms. The minimum atomic E-state index is 0.702. The first-order valence-electron chi connectivity index (χ1n) is 5.14. The van der Waals surface area contributed by atoms with Crippen LogP contribution in [0.2, 0.25) is 0 Å². The van der Waals surface area contributed by atoms with E-state index in [4.69, 9.17) is 0 Å². The Hall–Kier alpha value is 0.180. The fourth-order valence-electron chi connectivity index (χ4n) is 2.37. The van der Waals surface area contributed by atoms with Crippen molar-refractivity contribution < 1.29 is 0 Å². The van der Waals surface area contributed by atoms with Crippen LogP contribution >= 0.6 is 15.9 Å². The molecule has 1 saturated carbocycles. The molecule has 2 unspecified atom stereocenters. The second kappa shape index (κ2) is 5.16. The average molecular weight is 246 g/mol. The van der Waals surface area contributed by atoms with Gasteiger partial charge in [0.05, 0.1) is 0 Å². The third-order valence-corrected chi connectivity index (χ3v) is 3.04. The van der Waals surface area contributed by atoms with E-state index in [1.54, 1.807) is 0 Å². The molecule has 0 heterocycles. The highest BCUT2D eigenvalue weighted by Crippen LogP contribution is 2.28. The van der Waals surface area contributed by atoms with Gasteiger partial charge in [-0.2, -0.15) is 0 Å². The summed E-state index contributed by atoms with van der Waals surface area (Å²) in [4.78, 5) is 0. The number of halogens is 1. The molecule has 1 aliphatic rings. The van der Waals surface area contributed by atoms with Gasteiger partial charge in [0.15, 0.2) is 0 Å². The Morgan fingerprint density at radius 3 is 2.31 bits per heavy atom. The molecule has 0 spiro atoms. The zero-order valence-corrected chi connectivity index (χ0v) is 10.2. The van der Waals surface area contributed by atoms with Crippen LogP contribution in [0.4, 0.5) is 0 Å². The van der Waals surface area contributed by atoms with Gasteiger partial charge in [0, 0.05) is 17.1 Å². The number of hydrogen-bond donors (Lipinski definition) is 1. The summed E-state index contributed by atoms with van der Waals surface area (Å²) in [6, 6.07) is 0.702. The molecule has 0 aromatic heterocycles. The Morgan fingerprint density at radius 1 is 1.31 bits per heavy atom. The summed E-state index contributed by atoms with van der Waals surface area (Å²) in [5.74, 6) is 1.76. The molecule has 1 aliphatic carbocycles. The van der Waals surface area contributed by atoms with Crippen LogP contribution in [0.1, 0.15) is 33.1 Å². The van der Waals surface area contributed by atoms with Crippen molar-refractivity contribution in [2.75, 3.05) is 6.54 Å². The van der Waals surface area contributed by atoms with Crippen LogP contribution in [-0.4, -0.2) is 12.6 Å². The van der Waals surface area contributed by atoms with Crippen LogP contribution in [0, 0.1) is 11.8 Å². The third kappa shape index (κ3) is 4.28. The Labute approximate surface area is 90.1 Å². The van der Waals surface area contributed by atoms with Crippen molar-refractivity contribution in [1.29, 1.82) is 0 Å². The lowest BCUT2D eigenvalue weighted by molar-refractivity contribution is 0.243. The Morgan fingerprint density at radius 2 is 1.85 bits per heavy atom. The Bertz CT molecular complexity index is 169. The van der Waals surface area contributed by atoms with E-state index in [1.807, 2.05) is 0 Å². The van der Waals surface area contributed by atoms with Crippen molar-refractivity contribution in [3.8, 4) is 0 Å². The van der Waals surface area contributed by atoms with Crippen molar-refractivity contribution >= 4 is 15.9 Å². The molecular weight excluding hydrogens is 226 g/mol. The molecule has 1 fully saturated rings. The maximum atomic E-state index is 3.83. The van der Waals surface area contributed by atoms with Crippen molar-refractivity contribution in [3.05, 3.63) is 11.1 Å². The smallest absolute Gasteiger partial charge is 0.0268 e. The van der Waals surface area contributed by atoms with Crippen LogP contribution in [0.3, 0.4) is 0 Å². The van der Waals surface area contributed by atoms with Crippen molar-refractivity contribution in [1.82, 2.24) is 5.32 Å². The highest BCUT2D eigenvalue weighted by atomic mass is 79.9. The molecule has 0 bridgehead atoms. The highest BCUT2D eigenvalue weighted by molar-refractivity contribution is 9.11. The van der Waals surface area contributed by atoms with Gasteiger partial charge >= 0.3 is 0 Å². The van der Waals surface area contributed by atoms with Gasteiger partial charge in [0.1, 0.15) is 0 Å². The van der Waals surface area contributed by atoms with Gasteiger partial charge < -0.3 is 5.32 Å². The maximum absolute atomic E-state index is 3.83. The van der Waals surface area contributed by atoms with Gasteiger partial charge in [-0.3, -0.25) is 0 Å². The van der Waals surface area contributed by atoms with Gasteiger partial charge in [0.2, 0.25) is 0 Å². The maximum Gasteiger partial charge on any atom is 0.0268 e. The van der Waals surface area contributed by atoms with Gasteiger partial charge in [-0.1, -0.05) is 36.4 Å². The number of rotatable bonds is 3. The second-order valence-corrected chi connectivity index (χ2v) is 5.63. The summed E-state index contributed by atoms with van der Waals surface area (Å²) in [5, 5.41) is 3.54. The summed E-state index contributed by atoms with van der Waals surface area (Å²) in [7, 11) is 0. The van der Waals surface area contributed by atoms with E-state index in [0.29, 0.717) is 6.04 Å². The first-order chi connectivity index (χ1) is 6.08. The van der Waals surface area contributed by atoms with Crippen molar-refractivity contribution in [2.24, 2.45) is 11.8 Å². The first-order valence-corrected chi connectivity index (χ1v) is 5.94. The molecule has 0 aliphatic heterocycles. The van der Waals surface area contributed by atoms with E-state index in [0.717, 1.165) is 22.9 Å². The zero-order chi connectivity index (χ0) is 9.84. The minimum Gasteiger partial charge on any atom is -0.309 e. The molecule has 0 saturated heterocycles. The predicted octanol–water partition coefficient (Wildman–Crippen LogP) is 3.31. The van der Waals surface area contributed by atoms with E-state index < -0.39 is 0 Å².